The molecule has 1 aromatic heterocycles. The van der Waals surface area contributed by atoms with Gasteiger partial charge in [0.2, 0.25) is 0 Å². The maximum atomic E-state index is 13.2. The molecule has 8 heteroatoms. The van der Waals surface area contributed by atoms with Crippen LogP contribution in [0.5, 0.6) is 0 Å². The molecule has 2 aromatic rings. The van der Waals surface area contributed by atoms with Crippen molar-refractivity contribution in [2.45, 2.75) is 19.0 Å². The summed E-state index contributed by atoms with van der Waals surface area (Å²) >= 11 is 4.64. The van der Waals surface area contributed by atoms with Crippen LogP contribution in [-0.2, 0) is 16.9 Å². The third-order valence-electron chi connectivity index (χ3n) is 3.55. The number of urea groups is 1. The number of carbonyl (C=O) groups is 2. The van der Waals surface area contributed by atoms with E-state index in [2.05, 4.69) is 26.2 Å². The molecular formula is C14H11BrFN3O2S. The molecule has 1 atom stereocenters. The Morgan fingerprint density at radius 1 is 1.45 bits per heavy atom. The zero-order valence-corrected chi connectivity index (χ0v) is 13.9. The van der Waals surface area contributed by atoms with E-state index in [-0.39, 0.29) is 6.54 Å². The van der Waals surface area contributed by atoms with Crippen molar-refractivity contribution in [1.29, 1.82) is 0 Å². The summed E-state index contributed by atoms with van der Waals surface area (Å²) in [7, 11) is 0. The molecular weight excluding hydrogens is 373 g/mol. The minimum absolute atomic E-state index is 0.114. The van der Waals surface area contributed by atoms with Gasteiger partial charge in [-0.25, -0.2) is 14.2 Å². The fraction of sp³-hybridized carbons (Fsp3) is 0.214. The summed E-state index contributed by atoms with van der Waals surface area (Å²) in [6.45, 7) is 1.72. The molecule has 3 amide bonds. The highest BCUT2D eigenvalue weighted by Gasteiger charge is 2.49. The van der Waals surface area contributed by atoms with Crippen molar-refractivity contribution < 1.29 is 14.0 Å². The SMILES string of the molecule is CC1(c2ccc(F)cc2Br)NC(=O)N(Cc2cscn2)C1=O. The third kappa shape index (κ3) is 2.42. The summed E-state index contributed by atoms with van der Waals surface area (Å²) < 4.78 is 13.7. The maximum absolute atomic E-state index is 13.2. The molecule has 0 saturated carbocycles. The van der Waals surface area contributed by atoms with Gasteiger partial charge < -0.3 is 5.32 Å². The van der Waals surface area contributed by atoms with Gasteiger partial charge in [0, 0.05) is 15.4 Å². The molecule has 1 aliphatic rings. The number of hydrogen-bond donors (Lipinski definition) is 1. The Balaban J connectivity index is 1.95. The van der Waals surface area contributed by atoms with Crippen molar-refractivity contribution in [2.75, 3.05) is 0 Å². The Bertz CT molecular complexity index is 753. The lowest BCUT2D eigenvalue weighted by Crippen LogP contribution is -2.41. The first-order valence-corrected chi connectivity index (χ1v) is 8.12. The molecule has 5 nitrogen and oxygen atoms in total. The van der Waals surface area contributed by atoms with Gasteiger partial charge in [0.15, 0.2) is 0 Å². The third-order valence-corrected chi connectivity index (χ3v) is 4.84. The second-order valence-electron chi connectivity index (χ2n) is 5.05. The van der Waals surface area contributed by atoms with Crippen LogP contribution in [-0.4, -0.2) is 21.8 Å². The Kier molecular flexibility index (Phi) is 3.73. The van der Waals surface area contributed by atoms with Crippen LogP contribution in [0, 0.1) is 5.82 Å². The highest BCUT2D eigenvalue weighted by atomic mass is 79.9. The maximum Gasteiger partial charge on any atom is 0.325 e. The van der Waals surface area contributed by atoms with Gasteiger partial charge in [-0.3, -0.25) is 9.69 Å². The van der Waals surface area contributed by atoms with Crippen LogP contribution in [0.25, 0.3) is 0 Å². The summed E-state index contributed by atoms with van der Waals surface area (Å²) in [4.78, 5) is 30.1. The minimum atomic E-state index is -1.24. The van der Waals surface area contributed by atoms with Crippen molar-refractivity contribution in [1.82, 2.24) is 15.2 Å². The monoisotopic (exact) mass is 383 g/mol. The van der Waals surface area contributed by atoms with E-state index in [0.29, 0.717) is 15.7 Å². The van der Waals surface area contributed by atoms with Crippen molar-refractivity contribution in [3.63, 3.8) is 0 Å². The molecule has 0 spiro atoms. The molecule has 3 rings (SSSR count). The smallest absolute Gasteiger partial charge is 0.319 e. The summed E-state index contributed by atoms with van der Waals surface area (Å²) in [6, 6.07) is 3.53. The molecule has 1 fully saturated rings. The molecule has 1 saturated heterocycles. The van der Waals surface area contributed by atoms with E-state index < -0.39 is 23.3 Å². The van der Waals surface area contributed by atoms with E-state index >= 15 is 0 Å². The predicted molar refractivity (Wildman–Crippen MR) is 82.6 cm³/mol. The summed E-state index contributed by atoms with van der Waals surface area (Å²) in [5.41, 5.74) is 1.56. The van der Waals surface area contributed by atoms with Gasteiger partial charge in [-0.05, 0) is 19.1 Å². The van der Waals surface area contributed by atoms with Crippen LogP contribution in [0.1, 0.15) is 18.2 Å². The molecule has 1 N–H and O–H groups in total. The van der Waals surface area contributed by atoms with E-state index in [9.17, 15) is 14.0 Å². The fourth-order valence-corrected chi connectivity index (χ4v) is 3.69. The van der Waals surface area contributed by atoms with Gasteiger partial charge in [-0.15, -0.1) is 11.3 Å². The first-order chi connectivity index (χ1) is 10.4. The zero-order chi connectivity index (χ0) is 15.9. The Labute approximate surface area is 138 Å². The summed E-state index contributed by atoms with van der Waals surface area (Å²) in [5.74, 6) is -0.812. The number of thiazole rings is 1. The number of amides is 3. The average molecular weight is 384 g/mol. The number of nitrogens with one attached hydrogen (secondary N) is 1. The number of aromatic nitrogens is 1. The molecule has 1 aliphatic heterocycles. The minimum Gasteiger partial charge on any atom is -0.319 e. The van der Waals surface area contributed by atoms with E-state index in [1.807, 2.05) is 0 Å². The number of halogens is 2. The molecule has 1 unspecified atom stereocenters. The number of benzene rings is 1. The Morgan fingerprint density at radius 3 is 2.86 bits per heavy atom. The lowest BCUT2D eigenvalue weighted by molar-refractivity contribution is -0.131. The van der Waals surface area contributed by atoms with Crippen molar-refractivity contribution >= 4 is 39.2 Å². The van der Waals surface area contributed by atoms with Gasteiger partial charge in [-0.1, -0.05) is 22.0 Å². The van der Waals surface area contributed by atoms with Gasteiger partial charge >= 0.3 is 6.03 Å². The lowest BCUT2D eigenvalue weighted by Gasteiger charge is -2.23. The highest BCUT2D eigenvalue weighted by Crippen LogP contribution is 2.34. The molecule has 22 heavy (non-hydrogen) atoms. The normalized spacial score (nSPS) is 21.3. The predicted octanol–water partition coefficient (Wildman–Crippen LogP) is 3.01. The van der Waals surface area contributed by atoms with Crippen LogP contribution in [0.4, 0.5) is 9.18 Å². The fourth-order valence-electron chi connectivity index (χ4n) is 2.40. The molecule has 0 aliphatic carbocycles. The van der Waals surface area contributed by atoms with Gasteiger partial charge in [0.25, 0.3) is 5.91 Å². The van der Waals surface area contributed by atoms with Gasteiger partial charge in [-0.2, -0.15) is 0 Å². The van der Waals surface area contributed by atoms with E-state index in [0.717, 1.165) is 4.90 Å². The molecule has 2 heterocycles. The standard InChI is InChI=1S/C14H11BrFN3O2S/c1-14(10-3-2-8(16)4-11(10)15)12(20)19(13(21)18-14)5-9-6-22-7-17-9/h2-4,6-7H,5H2,1H3,(H,18,21). The van der Waals surface area contributed by atoms with Gasteiger partial charge in [0.05, 0.1) is 17.7 Å². The average Bonchev–Trinajstić information content (AvgIpc) is 3.02. The first kappa shape index (κ1) is 15.1. The Morgan fingerprint density at radius 2 is 2.23 bits per heavy atom. The largest absolute Gasteiger partial charge is 0.325 e. The van der Waals surface area contributed by atoms with Crippen LogP contribution >= 0.6 is 27.3 Å². The van der Waals surface area contributed by atoms with Gasteiger partial charge in [0.1, 0.15) is 11.4 Å². The number of rotatable bonds is 3. The first-order valence-electron chi connectivity index (χ1n) is 6.38. The van der Waals surface area contributed by atoms with E-state index in [4.69, 9.17) is 0 Å². The highest BCUT2D eigenvalue weighted by molar-refractivity contribution is 9.10. The summed E-state index contributed by atoms with van der Waals surface area (Å²) in [5, 5.41) is 4.46. The Hall–Kier alpha value is -1.80. The summed E-state index contributed by atoms with van der Waals surface area (Å²) in [6.07, 6.45) is 0. The molecule has 114 valence electrons. The molecule has 0 radical (unpaired) electrons. The van der Waals surface area contributed by atoms with Crippen LogP contribution in [0.15, 0.2) is 33.6 Å². The number of imide groups is 1. The number of hydrogen-bond acceptors (Lipinski definition) is 4. The van der Waals surface area contributed by atoms with Crippen LogP contribution in [0.2, 0.25) is 0 Å². The second kappa shape index (κ2) is 5.44. The lowest BCUT2D eigenvalue weighted by atomic mass is 9.92. The van der Waals surface area contributed by atoms with Crippen molar-refractivity contribution in [3.05, 3.63) is 50.6 Å². The quantitative estimate of drug-likeness (QED) is 0.828. The van der Waals surface area contributed by atoms with E-state index in [1.54, 1.807) is 17.8 Å². The van der Waals surface area contributed by atoms with Crippen molar-refractivity contribution in [2.24, 2.45) is 0 Å². The zero-order valence-electron chi connectivity index (χ0n) is 11.5. The number of nitrogens with zero attached hydrogens (tertiary/aromatic N) is 2. The molecule has 1 aromatic carbocycles. The number of carbonyl (C=O) groups excluding carboxylic acids is 2. The van der Waals surface area contributed by atoms with Crippen LogP contribution < -0.4 is 5.32 Å². The topological polar surface area (TPSA) is 62.3 Å². The van der Waals surface area contributed by atoms with E-state index in [1.165, 1.54) is 29.5 Å². The second-order valence-corrected chi connectivity index (χ2v) is 6.62. The molecule has 0 bridgehead atoms. The van der Waals surface area contributed by atoms with Crippen molar-refractivity contribution in [3.8, 4) is 0 Å². The van der Waals surface area contributed by atoms with Crippen LogP contribution in [0.3, 0.4) is 0 Å².